The van der Waals surface area contributed by atoms with Gasteiger partial charge in [0.05, 0.1) is 11.4 Å². The maximum absolute atomic E-state index is 12.6. The van der Waals surface area contributed by atoms with Gasteiger partial charge in [-0.15, -0.1) is 4.57 Å². The third-order valence-corrected chi connectivity index (χ3v) is 5.40. The molecule has 2 aromatic heterocycles. The smallest absolute Gasteiger partial charge is 0.287 e. The van der Waals surface area contributed by atoms with Crippen molar-refractivity contribution < 1.29 is 18.8 Å². The minimum Gasteiger partial charge on any atom is -0.485 e. The molecule has 0 fully saturated rings. The molecular formula is C27H29N3O5. The summed E-state index contributed by atoms with van der Waals surface area (Å²) >= 11 is 0. The Hall–Kier alpha value is -4.07. The normalized spacial score (nSPS) is 11.5. The zero-order valence-corrected chi connectivity index (χ0v) is 20.5. The van der Waals surface area contributed by atoms with Gasteiger partial charge in [-0.25, -0.2) is 4.98 Å². The third kappa shape index (κ3) is 5.90. The maximum Gasteiger partial charge on any atom is 0.287 e. The van der Waals surface area contributed by atoms with Crippen LogP contribution in [0.15, 0.2) is 63.9 Å². The van der Waals surface area contributed by atoms with Gasteiger partial charge in [-0.2, -0.15) is 0 Å². The summed E-state index contributed by atoms with van der Waals surface area (Å²) in [4.78, 5) is 29.2. The van der Waals surface area contributed by atoms with Gasteiger partial charge in [0.1, 0.15) is 23.9 Å². The Morgan fingerprint density at radius 2 is 1.77 bits per heavy atom. The number of rotatable bonds is 7. The molecular weight excluding hydrogens is 446 g/mol. The van der Waals surface area contributed by atoms with Crippen LogP contribution < -0.4 is 20.3 Å². The number of anilines is 1. The SMILES string of the molecule is Cc1ccc(OCc2cc(=O)n3oc(C)cc3n2)c(NC(=O)COc2ccc(C(C)(C)C)cc2)c1. The van der Waals surface area contributed by atoms with Crippen molar-refractivity contribution in [2.24, 2.45) is 0 Å². The first kappa shape index (κ1) is 24.1. The minimum absolute atomic E-state index is 0.0459. The molecule has 8 heteroatoms. The van der Waals surface area contributed by atoms with Gasteiger partial charge in [0.25, 0.3) is 11.5 Å². The van der Waals surface area contributed by atoms with E-state index in [0.717, 1.165) is 10.1 Å². The largest absolute Gasteiger partial charge is 0.485 e. The molecule has 0 aliphatic rings. The molecule has 0 spiro atoms. The third-order valence-electron chi connectivity index (χ3n) is 5.40. The number of carbonyl (C=O) groups excluding carboxylic acids is 1. The Kier molecular flexibility index (Phi) is 6.64. The van der Waals surface area contributed by atoms with Gasteiger partial charge in [-0.1, -0.05) is 39.0 Å². The predicted molar refractivity (Wildman–Crippen MR) is 133 cm³/mol. The summed E-state index contributed by atoms with van der Waals surface area (Å²) in [6.07, 6.45) is 0. The molecule has 0 aliphatic heterocycles. The monoisotopic (exact) mass is 475 g/mol. The van der Waals surface area contributed by atoms with E-state index in [2.05, 4.69) is 31.1 Å². The number of carbonyl (C=O) groups is 1. The van der Waals surface area contributed by atoms with E-state index >= 15 is 0 Å². The van der Waals surface area contributed by atoms with Crippen molar-refractivity contribution in [2.45, 2.75) is 46.6 Å². The minimum atomic E-state index is -0.327. The van der Waals surface area contributed by atoms with Gasteiger partial charge in [-0.3, -0.25) is 9.59 Å². The molecule has 2 heterocycles. The number of hydrogen-bond acceptors (Lipinski definition) is 6. The van der Waals surface area contributed by atoms with Crippen LogP contribution in [0.25, 0.3) is 5.65 Å². The lowest BCUT2D eigenvalue weighted by molar-refractivity contribution is -0.118. The zero-order valence-electron chi connectivity index (χ0n) is 20.5. The van der Waals surface area contributed by atoms with Gasteiger partial charge in [0, 0.05) is 12.1 Å². The van der Waals surface area contributed by atoms with Crippen molar-refractivity contribution in [1.29, 1.82) is 0 Å². The van der Waals surface area contributed by atoms with Crippen LogP contribution in [0.4, 0.5) is 5.69 Å². The first-order chi connectivity index (χ1) is 16.6. The van der Waals surface area contributed by atoms with Crippen molar-refractivity contribution in [3.05, 3.63) is 87.5 Å². The molecule has 1 N–H and O–H groups in total. The Morgan fingerprint density at radius 1 is 1.03 bits per heavy atom. The Labute approximate surface area is 203 Å². The standard InChI is InChI=1S/C27H29N3O5/c1-17-6-11-23(34-15-20-14-26(32)30-24(28-20)13-18(2)35-30)22(12-17)29-25(31)16-33-21-9-7-19(8-10-21)27(3,4)5/h6-14H,15-16H2,1-5H3,(H,29,31). The summed E-state index contributed by atoms with van der Waals surface area (Å²) in [5.41, 5.74) is 3.25. The van der Waals surface area contributed by atoms with Crippen molar-refractivity contribution in [3.8, 4) is 11.5 Å². The topological polar surface area (TPSA) is 95.1 Å². The quantitative estimate of drug-likeness (QED) is 0.413. The molecule has 1 amide bonds. The van der Waals surface area contributed by atoms with E-state index in [1.54, 1.807) is 19.1 Å². The van der Waals surface area contributed by atoms with Crippen LogP contribution in [0.2, 0.25) is 0 Å². The first-order valence-corrected chi connectivity index (χ1v) is 11.3. The molecule has 4 aromatic rings. The lowest BCUT2D eigenvalue weighted by Gasteiger charge is -2.19. The molecule has 0 atom stereocenters. The van der Waals surface area contributed by atoms with Crippen molar-refractivity contribution in [2.75, 3.05) is 11.9 Å². The summed E-state index contributed by atoms with van der Waals surface area (Å²) < 4.78 is 18.0. The summed E-state index contributed by atoms with van der Waals surface area (Å²) in [5, 5.41) is 2.85. The second-order valence-corrected chi connectivity index (χ2v) is 9.48. The van der Waals surface area contributed by atoms with Crippen LogP contribution >= 0.6 is 0 Å². The molecule has 0 saturated carbocycles. The molecule has 2 aromatic carbocycles. The number of benzene rings is 2. The molecule has 35 heavy (non-hydrogen) atoms. The van der Waals surface area contributed by atoms with Crippen LogP contribution in [0.3, 0.4) is 0 Å². The highest BCUT2D eigenvalue weighted by molar-refractivity contribution is 5.93. The highest BCUT2D eigenvalue weighted by atomic mass is 16.5. The van der Waals surface area contributed by atoms with E-state index < -0.39 is 0 Å². The fourth-order valence-corrected chi connectivity index (χ4v) is 3.55. The number of amides is 1. The lowest BCUT2D eigenvalue weighted by Crippen LogP contribution is -2.21. The second kappa shape index (κ2) is 9.66. The lowest BCUT2D eigenvalue weighted by atomic mass is 9.87. The van der Waals surface area contributed by atoms with E-state index in [0.29, 0.717) is 34.3 Å². The van der Waals surface area contributed by atoms with E-state index in [9.17, 15) is 9.59 Å². The predicted octanol–water partition coefficient (Wildman–Crippen LogP) is 4.80. The number of hydrogen-bond donors (Lipinski definition) is 1. The van der Waals surface area contributed by atoms with Gasteiger partial charge in [-0.05, 0) is 54.7 Å². The van der Waals surface area contributed by atoms with Crippen LogP contribution in [0, 0.1) is 13.8 Å². The molecule has 0 radical (unpaired) electrons. The first-order valence-electron chi connectivity index (χ1n) is 11.3. The summed E-state index contributed by atoms with van der Waals surface area (Å²) in [6.45, 7) is 10.0. The number of aryl methyl sites for hydroxylation is 2. The molecule has 4 rings (SSSR count). The van der Waals surface area contributed by atoms with E-state index in [-0.39, 0.29) is 30.1 Å². The molecule has 0 aliphatic carbocycles. The van der Waals surface area contributed by atoms with Crippen LogP contribution in [-0.2, 0) is 16.8 Å². The molecule has 0 saturated heterocycles. The Balaban J connectivity index is 1.41. The van der Waals surface area contributed by atoms with Crippen molar-refractivity contribution in [3.63, 3.8) is 0 Å². The van der Waals surface area contributed by atoms with Gasteiger partial charge < -0.3 is 19.3 Å². The molecule has 0 unspecified atom stereocenters. The van der Waals surface area contributed by atoms with Crippen molar-refractivity contribution in [1.82, 2.24) is 9.56 Å². The van der Waals surface area contributed by atoms with Crippen LogP contribution in [-0.4, -0.2) is 22.1 Å². The number of nitrogens with zero attached hydrogens (tertiary/aromatic N) is 2. The zero-order chi connectivity index (χ0) is 25.2. The fraction of sp³-hybridized carbons (Fsp3) is 0.296. The number of fused-ring (bicyclic) bond motifs is 1. The van der Waals surface area contributed by atoms with Crippen LogP contribution in [0.5, 0.6) is 11.5 Å². The van der Waals surface area contributed by atoms with E-state index in [1.807, 2.05) is 43.3 Å². The summed E-state index contributed by atoms with van der Waals surface area (Å²) in [6, 6.07) is 16.2. The second-order valence-electron chi connectivity index (χ2n) is 9.48. The highest BCUT2D eigenvalue weighted by Gasteiger charge is 2.14. The van der Waals surface area contributed by atoms with E-state index in [1.165, 1.54) is 11.6 Å². The number of ether oxygens (including phenoxy) is 2. The van der Waals surface area contributed by atoms with Gasteiger partial charge >= 0.3 is 0 Å². The maximum atomic E-state index is 12.6. The highest BCUT2D eigenvalue weighted by Crippen LogP contribution is 2.27. The summed E-state index contributed by atoms with van der Waals surface area (Å²) in [7, 11) is 0. The number of aromatic nitrogens is 2. The van der Waals surface area contributed by atoms with Gasteiger partial charge in [0.2, 0.25) is 0 Å². The number of nitrogens with one attached hydrogen (secondary N) is 1. The summed E-state index contributed by atoms with van der Waals surface area (Å²) in [5.74, 6) is 1.36. The molecule has 8 nitrogen and oxygen atoms in total. The fourth-order valence-electron chi connectivity index (χ4n) is 3.55. The molecule has 182 valence electrons. The van der Waals surface area contributed by atoms with Gasteiger partial charge in [0.15, 0.2) is 12.3 Å². The van der Waals surface area contributed by atoms with Crippen LogP contribution in [0.1, 0.15) is 43.4 Å². The Morgan fingerprint density at radius 3 is 2.49 bits per heavy atom. The average molecular weight is 476 g/mol. The molecule has 0 bridgehead atoms. The average Bonchev–Trinajstić information content (AvgIpc) is 3.18. The van der Waals surface area contributed by atoms with E-state index in [4.69, 9.17) is 14.0 Å². The Bertz CT molecular complexity index is 1410. The van der Waals surface area contributed by atoms with Crippen molar-refractivity contribution >= 4 is 17.2 Å².